The first-order valence-corrected chi connectivity index (χ1v) is 10.7. The molecule has 0 atom stereocenters. The van der Waals surface area contributed by atoms with E-state index < -0.39 is 10.0 Å². The highest BCUT2D eigenvalue weighted by molar-refractivity contribution is 7.89. The molecule has 28 heavy (non-hydrogen) atoms. The van der Waals surface area contributed by atoms with E-state index in [0.717, 1.165) is 10.9 Å². The molecule has 0 radical (unpaired) electrons. The topological polar surface area (TPSA) is 91.3 Å². The average Bonchev–Trinajstić information content (AvgIpc) is 3.18. The number of carbonyl (C=O) groups is 1. The van der Waals surface area contributed by atoms with E-state index in [1.54, 1.807) is 23.4 Å². The third-order valence-corrected chi connectivity index (χ3v) is 7.01. The van der Waals surface area contributed by atoms with Gasteiger partial charge in [-0.1, -0.05) is 6.07 Å². The van der Waals surface area contributed by atoms with E-state index in [1.807, 2.05) is 30.5 Å². The van der Waals surface area contributed by atoms with Gasteiger partial charge in [0.1, 0.15) is 5.82 Å². The van der Waals surface area contributed by atoms with Gasteiger partial charge in [0.05, 0.1) is 0 Å². The first-order chi connectivity index (χ1) is 13.4. The molecular weight excluding hydrogens is 378 g/mol. The van der Waals surface area contributed by atoms with Crippen molar-refractivity contribution in [3.05, 3.63) is 48.0 Å². The van der Waals surface area contributed by atoms with Gasteiger partial charge in [-0.15, -0.1) is 0 Å². The average molecular weight is 401 g/mol. The van der Waals surface area contributed by atoms with Crippen LogP contribution in [0.2, 0.25) is 0 Å². The Kier molecular flexibility index (Phi) is 4.72. The van der Waals surface area contributed by atoms with E-state index in [1.165, 1.54) is 10.5 Å². The Morgan fingerprint density at radius 2 is 1.96 bits per heavy atom. The van der Waals surface area contributed by atoms with Gasteiger partial charge in [0.15, 0.2) is 5.03 Å². The number of amides is 1. The van der Waals surface area contributed by atoms with Crippen LogP contribution in [-0.4, -0.2) is 64.2 Å². The molecule has 0 aliphatic carbocycles. The summed E-state index contributed by atoms with van der Waals surface area (Å²) >= 11 is 0. The molecule has 0 bridgehead atoms. The van der Waals surface area contributed by atoms with Crippen molar-refractivity contribution in [1.29, 1.82) is 0 Å². The lowest BCUT2D eigenvalue weighted by Crippen LogP contribution is -2.37. The minimum atomic E-state index is -3.66. The first kappa shape index (κ1) is 18.7. The third kappa shape index (κ3) is 3.31. The normalized spacial score (nSPS) is 16.4. The van der Waals surface area contributed by atoms with Crippen LogP contribution >= 0.6 is 0 Å². The molecule has 9 heteroatoms. The van der Waals surface area contributed by atoms with Crippen LogP contribution in [0.25, 0.3) is 10.9 Å². The monoisotopic (exact) mass is 401 g/mol. The van der Waals surface area contributed by atoms with Crippen molar-refractivity contribution in [3.8, 4) is 0 Å². The number of aromatic amines is 1. The Hall–Kier alpha value is -2.65. The molecule has 1 fully saturated rings. The quantitative estimate of drug-likeness (QED) is 0.724. The number of benzene rings is 1. The predicted molar refractivity (Wildman–Crippen MR) is 106 cm³/mol. The van der Waals surface area contributed by atoms with Crippen molar-refractivity contribution < 1.29 is 13.2 Å². The van der Waals surface area contributed by atoms with Crippen molar-refractivity contribution in [3.63, 3.8) is 0 Å². The number of nitrogens with zero attached hydrogens (tertiary/aromatic N) is 4. The molecule has 0 spiro atoms. The number of hydrogen-bond acceptors (Lipinski definition) is 4. The summed E-state index contributed by atoms with van der Waals surface area (Å²) in [5.74, 6) is 0.564. The molecule has 1 aromatic carbocycles. The Morgan fingerprint density at radius 1 is 1.14 bits per heavy atom. The van der Waals surface area contributed by atoms with Gasteiger partial charge < -0.3 is 14.5 Å². The number of rotatable bonds is 3. The van der Waals surface area contributed by atoms with Crippen LogP contribution in [0.1, 0.15) is 22.6 Å². The Balaban J connectivity index is 1.50. The van der Waals surface area contributed by atoms with E-state index in [-0.39, 0.29) is 17.5 Å². The molecular formula is C19H23N5O3S. The summed E-state index contributed by atoms with van der Waals surface area (Å²) in [4.78, 5) is 21.9. The van der Waals surface area contributed by atoms with Crippen molar-refractivity contribution in [2.24, 2.45) is 7.05 Å². The van der Waals surface area contributed by atoms with Crippen LogP contribution < -0.4 is 0 Å². The molecule has 1 amide bonds. The second kappa shape index (κ2) is 7.06. The maximum absolute atomic E-state index is 12.9. The number of nitrogens with one attached hydrogen (secondary N) is 1. The molecule has 1 N–H and O–H groups in total. The second-order valence-corrected chi connectivity index (χ2v) is 8.95. The highest BCUT2D eigenvalue weighted by atomic mass is 32.2. The second-order valence-electron chi connectivity index (χ2n) is 7.07. The minimum Gasteiger partial charge on any atom is -0.361 e. The van der Waals surface area contributed by atoms with E-state index in [4.69, 9.17) is 0 Å². The molecule has 1 aliphatic heterocycles. The van der Waals surface area contributed by atoms with Crippen molar-refractivity contribution in [1.82, 2.24) is 23.7 Å². The smallest absolute Gasteiger partial charge is 0.262 e. The number of carbonyl (C=O) groups excluding carboxylic acids is 1. The molecule has 2 aromatic heterocycles. The molecule has 1 aliphatic rings. The number of aryl methyl sites for hydroxylation is 2. The van der Waals surface area contributed by atoms with Crippen molar-refractivity contribution in [2.75, 3.05) is 26.2 Å². The number of H-pyrrole nitrogens is 1. The number of sulfonamides is 1. The largest absolute Gasteiger partial charge is 0.361 e. The maximum Gasteiger partial charge on any atom is 0.262 e. The number of aromatic nitrogens is 3. The third-order valence-electron chi connectivity index (χ3n) is 5.23. The molecule has 0 saturated carbocycles. The zero-order valence-electron chi connectivity index (χ0n) is 15.9. The van der Waals surface area contributed by atoms with Gasteiger partial charge in [-0.2, -0.15) is 4.31 Å². The highest BCUT2D eigenvalue weighted by Crippen LogP contribution is 2.19. The number of fused-ring (bicyclic) bond motifs is 1. The lowest BCUT2D eigenvalue weighted by molar-refractivity contribution is 0.0764. The fraction of sp³-hybridized carbons (Fsp3) is 0.368. The molecule has 0 unspecified atom stereocenters. The molecule has 1 saturated heterocycles. The van der Waals surface area contributed by atoms with Crippen LogP contribution in [0.4, 0.5) is 0 Å². The summed E-state index contributed by atoms with van der Waals surface area (Å²) in [7, 11) is -1.89. The van der Waals surface area contributed by atoms with Crippen LogP contribution in [0.5, 0.6) is 0 Å². The van der Waals surface area contributed by atoms with Gasteiger partial charge in [-0.3, -0.25) is 4.79 Å². The fourth-order valence-corrected chi connectivity index (χ4v) is 4.98. The first-order valence-electron chi connectivity index (χ1n) is 9.23. The van der Waals surface area contributed by atoms with Crippen LogP contribution in [0, 0.1) is 6.92 Å². The molecule has 8 nitrogen and oxygen atoms in total. The van der Waals surface area contributed by atoms with Crippen molar-refractivity contribution >= 4 is 26.8 Å². The van der Waals surface area contributed by atoms with Crippen LogP contribution in [-0.2, 0) is 17.1 Å². The van der Waals surface area contributed by atoms with Gasteiger partial charge >= 0.3 is 0 Å². The summed E-state index contributed by atoms with van der Waals surface area (Å²) in [5.41, 5.74) is 1.52. The van der Waals surface area contributed by atoms with Gasteiger partial charge in [0.25, 0.3) is 15.9 Å². The lowest BCUT2D eigenvalue weighted by Gasteiger charge is -2.21. The van der Waals surface area contributed by atoms with Gasteiger partial charge in [0.2, 0.25) is 0 Å². The molecule has 3 aromatic rings. The number of hydrogen-bond donors (Lipinski definition) is 1. The van der Waals surface area contributed by atoms with E-state index in [2.05, 4.69) is 9.97 Å². The Labute approximate surface area is 163 Å². The number of imidazole rings is 1. The minimum absolute atomic E-state index is 0.0597. The van der Waals surface area contributed by atoms with E-state index in [9.17, 15) is 13.2 Å². The summed E-state index contributed by atoms with van der Waals surface area (Å²) in [6.45, 7) is 3.27. The molecule has 3 heterocycles. The Morgan fingerprint density at radius 3 is 2.71 bits per heavy atom. The molecule has 4 rings (SSSR count). The summed E-state index contributed by atoms with van der Waals surface area (Å²) in [5, 5.41) is 1.11. The van der Waals surface area contributed by atoms with Crippen molar-refractivity contribution in [2.45, 2.75) is 18.4 Å². The lowest BCUT2D eigenvalue weighted by atomic mass is 10.1. The summed E-state index contributed by atoms with van der Waals surface area (Å²) in [6.07, 6.45) is 3.96. The van der Waals surface area contributed by atoms with Gasteiger partial charge in [-0.05, 0) is 36.9 Å². The molecule has 148 valence electrons. The maximum atomic E-state index is 12.9. The predicted octanol–water partition coefficient (Wildman–Crippen LogP) is 1.75. The van der Waals surface area contributed by atoms with Gasteiger partial charge in [-0.25, -0.2) is 13.4 Å². The summed E-state index contributed by atoms with van der Waals surface area (Å²) in [6, 6.07) is 7.52. The van der Waals surface area contributed by atoms with E-state index in [0.29, 0.717) is 37.4 Å². The van der Waals surface area contributed by atoms with Gasteiger partial charge in [0, 0.05) is 56.7 Å². The zero-order chi connectivity index (χ0) is 19.9. The zero-order valence-corrected chi connectivity index (χ0v) is 16.7. The SMILES string of the molecule is Cc1nc(S(=O)(=O)N2CCCN(C(=O)c3ccc4cc[nH]c4c3)CC2)cn1C. The standard InChI is InChI=1S/C19H23N5O3S/c1-14-21-18(13-22(14)2)28(26,27)24-9-3-8-23(10-11-24)19(25)16-5-4-15-6-7-20-17(15)12-16/h4-7,12-13,20H,3,8-11H2,1-2H3. The van der Waals surface area contributed by atoms with Crippen LogP contribution in [0.3, 0.4) is 0 Å². The van der Waals surface area contributed by atoms with Crippen LogP contribution in [0.15, 0.2) is 41.7 Å². The fourth-order valence-electron chi connectivity index (χ4n) is 3.48. The Bertz CT molecular complexity index is 1110. The van der Waals surface area contributed by atoms with E-state index >= 15 is 0 Å². The summed E-state index contributed by atoms with van der Waals surface area (Å²) < 4.78 is 28.9. The highest BCUT2D eigenvalue weighted by Gasteiger charge is 2.30.